The van der Waals surface area contributed by atoms with Gasteiger partial charge in [0.25, 0.3) is 0 Å². The smallest absolute Gasteiger partial charge is 0.377 e. The molecule has 0 unspecified atom stereocenters. The van der Waals surface area contributed by atoms with Crippen molar-refractivity contribution in [1.82, 2.24) is 10.6 Å². The number of hydrogen-bond acceptors (Lipinski definition) is 2. The second-order valence-corrected chi connectivity index (χ2v) is 5.62. The molecule has 0 atom stereocenters. The van der Waals surface area contributed by atoms with Crippen molar-refractivity contribution in [2.75, 3.05) is 27.2 Å². The molecule has 0 aromatic heterocycles. The van der Waals surface area contributed by atoms with Gasteiger partial charge in [0.05, 0.1) is 17.7 Å². The molecule has 0 aliphatic carbocycles. The van der Waals surface area contributed by atoms with Gasteiger partial charge in [0.1, 0.15) is 0 Å². The third-order valence-corrected chi connectivity index (χ3v) is 3.22. The minimum absolute atomic E-state index is 0.253. The van der Waals surface area contributed by atoms with Crippen LogP contribution >= 0.6 is 0 Å². The molecular formula is C17H22F3N3O. The number of alkyl halides is 3. The fraction of sp³-hybridized carbons (Fsp3) is 0.471. The highest BCUT2D eigenvalue weighted by Gasteiger charge is 2.30. The molecule has 0 radical (unpaired) electrons. The van der Waals surface area contributed by atoms with E-state index >= 15 is 0 Å². The van der Waals surface area contributed by atoms with Crippen LogP contribution < -0.4 is 10.6 Å². The minimum atomic E-state index is -4.37. The van der Waals surface area contributed by atoms with Gasteiger partial charge >= 0.3 is 6.18 Å². The standard InChI is InChI=1S/C17H22F3N3O/c1-16(2,24-4)12-23-15(21-3)22-10-6-8-13-7-5-9-14(11-13)17(18,19)20/h5,7,9,11H,10,12H2,1-4H3,(H2,21,22,23). The summed E-state index contributed by atoms with van der Waals surface area (Å²) < 4.78 is 43.2. The van der Waals surface area contributed by atoms with Crippen LogP contribution in [0.1, 0.15) is 25.0 Å². The largest absolute Gasteiger partial charge is 0.416 e. The number of benzene rings is 1. The number of methoxy groups -OCH3 is 1. The molecule has 0 aliphatic rings. The van der Waals surface area contributed by atoms with Crippen LogP contribution in [-0.2, 0) is 10.9 Å². The van der Waals surface area contributed by atoms with Gasteiger partial charge < -0.3 is 15.4 Å². The van der Waals surface area contributed by atoms with E-state index in [1.807, 2.05) is 13.8 Å². The molecule has 132 valence electrons. The van der Waals surface area contributed by atoms with E-state index in [4.69, 9.17) is 4.74 Å². The summed E-state index contributed by atoms with van der Waals surface area (Å²) in [6, 6.07) is 4.93. The molecule has 0 spiro atoms. The normalized spacial score (nSPS) is 12.4. The average molecular weight is 341 g/mol. The Balaban J connectivity index is 2.57. The minimum Gasteiger partial charge on any atom is -0.377 e. The van der Waals surface area contributed by atoms with E-state index in [0.29, 0.717) is 18.1 Å². The lowest BCUT2D eigenvalue weighted by Crippen LogP contribution is -2.45. The first-order valence-corrected chi connectivity index (χ1v) is 7.34. The number of rotatable bonds is 4. The molecule has 2 N–H and O–H groups in total. The second kappa shape index (κ2) is 8.60. The molecule has 24 heavy (non-hydrogen) atoms. The van der Waals surface area contributed by atoms with Crippen LogP contribution in [0, 0.1) is 11.8 Å². The van der Waals surface area contributed by atoms with Crippen molar-refractivity contribution in [1.29, 1.82) is 0 Å². The summed E-state index contributed by atoms with van der Waals surface area (Å²) >= 11 is 0. The van der Waals surface area contributed by atoms with Gasteiger partial charge in [0.2, 0.25) is 0 Å². The molecule has 0 saturated heterocycles. The second-order valence-electron chi connectivity index (χ2n) is 5.62. The van der Waals surface area contributed by atoms with Gasteiger partial charge in [0, 0.05) is 26.3 Å². The molecular weight excluding hydrogens is 319 g/mol. The topological polar surface area (TPSA) is 45.7 Å². The number of nitrogens with zero attached hydrogens (tertiary/aromatic N) is 1. The lowest BCUT2D eigenvalue weighted by Gasteiger charge is -2.24. The molecule has 1 rings (SSSR count). The maximum atomic E-state index is 12.6. The summed E-state index contributed by atoms with van der Waals surface area (Å²) in [5.74, 6) is 6.02. The summed E-state index contributed by atoms with van der Waals surface area (Å²) in [6.07, 6.45) is -4.37. The summed E-state index contributed by atoms with van der Waals surface area (Å²) in [5.41, 5.74) is -0.738. The van der Waals surface area contributed by atoms with Crippen LogP contribution in [-0.4, -0.2) is 38.8 Å². The van der Waals surface area contributed by atoms with E-state index in [2.05, 4.69) is 27.5 Å². The predicted octanol–water partition coefficient (Wildman–Crippen LogP) is 2.65. The molecule has 0 amide bonds. The van der Waals surface area contributed by atoms with Crippen molar-refractivity contribution in [3.05, 3.63) is 35.4 Å². The lowest BCUT2D eigenvalue weighted by molar-refractivity contribution is -0.137. The van der Waals surface area contributed by atoms with Crippen LogP contribution in [0.4, 0.5) is 13.2 Å². The molecule has 0 fully saturated rings. The predicted molar refractivity (Wildman–Crippen MR) is 88.8 cm³/mol. The quantitative estimate of drug-likeness (QED) is 0.503. The van der Waals surface area contributed by atoms with Crippen LogP contribution in [0.3, 0.4) is 0 Å². The Morgan fingerprint density at radius 3 is 2.54 bits per heavy atom. The highest BCUT2D eigenvalue weighted by molar-refractivity contribution is 5.79. The fourth-order valence-electron chi connectivity index (χ4n) is 1.64. The van der Waals surface area contributed by atoms with Crippen molar-refractivity contribution in [2.24, 2.45) is 4.99 Å². The molecule has 0 heterocycles. The number of hydrogen-bond donors (Lipinski definition) is 2. The highest BCUT2D eigenvalue weighted by atomic mass is 19.4. The van der Waals surface area contributed by atoms with Crippen LogP contribution in [0.2, 0.25) is 0 Å². The molecule has 1 aromatic carbocycles. The number of halogens is 3. The van der Waals surface area contributed by atoms with Crippen LogP contribution in [0.15, 0.2) is 29.3 Å². The third kappa shape index (κ3) is 6.92. The van der Waals surface area contributed by atoms with E-state index < -0.39 is 11.7 Å². The fourth-order valence-corrected chi connectivity index (χ4v) is 1.64. The summed E-state index contributed by atoms with van der Waals surface area (Å²) in [4.78, 5) is 4.04. The van der Waals surface area contributed by atoms with Crippen molar-refractivity contribution in [3.63, 3.8) is 0 Å². The van der Waals surface area contributed by atoms with E-state index in [1.54, 1.807) is 14.2 Å². The Morgan fingerprint density at radius 1 is 1.25 bits per heavy atom. The Kier molecular flexibility index (Phi) is 7.11. The number of nitrogens with one attached hydrogen (secondary N) is 2. The summed E-state index contributed by atoms with van der Waals surface area (Å²) in [5, 5.41) is 6.05. The van der Waals surface area contributed by atoms with Crippen LogP contribution in [0.5, 0.6) is 0 Å². The first-order chi connectivity index (χ1) is 11.2. The zero-order chi connectivity index (χ0) is 18.2. The van der Waals surface area contributed by atoms with E-state index in [9.17, 15) is 13.2 Å². The van der Waals surface area contributed by atoms with Gasteiger partial charge in [-0.3, -0.25) is 4.99 Å². The van der Waals surface area contributed by atoms with E-state index in [1.165, 1.54) is 12.1 Å². The molecule has 1 aromatic rings. The van der Waals surface area contributed by atoms with E-state index in [0.717, 1.165) is 12.1 Å². The lowest BCUT2D eigenvalue weighted by atomic mass is 10.1. The van der Waals surface area contributed by atoms with E-state index in [-0.39, 0.29) is 12.1 Å². The van der Waals surface area contributed by atoms with Gasteiger partial charge in [-0.2, -0.15) is 13.2 Å². The van der Waals surface area contributed by atoms with Crippen molar-refractivity contribution in [3.8, 4) is 11.8 Å². The summed E-state index contributed by atoms with van der Waals surface area (Å²) in [7, 11) is 3.24. The van der Waals surface area contributed by atoms with Gasteiger partial charge in [0.15, 0.2) is 5.96 Å². The highest BCUT2D eigenvalue weighted by Crippen LogP contribution is 2.29. The number of guanidine groups is 1. The van der Waals surface area contributed by atoms with Gasteiger partial charge in [-0.1, -0.05) is 17.9 Å². The number of aliphatic imine (C=N–C) groups is 1. The zero-order valence-electron chi connectivity index (χ0n) is 14.2. The molecule has 0 aliphatic heterocycles. The molecule has 0 bridgehead atoms. The van der Waals surface area contributed by atoms with Gasteiger partial charge in [-0.15, -0.1) is 0 Å². The van der Waals surface area contributed by atoms with Crippen molar-refractivity contribution < 1.29 is 17.9 Å². The first kappa shape index (κ1) is 19.8. The summed E-state index contributed by atoms with van der Waals surface area (Å²) in [6.45, 7) is 4.66. The van der Waals surface area contributed by atoms with Gasteiger partial charge in [-0.25, -0.2) is 0 Å². The Morgan fingerprint density at radius 2 is 1.96 bits per heavy atom. The molecule has 0 saturated carbocycles. The van der Waals surface area contributed by atoms with Gasteiger partial charge in [-0.05, 0) is 32.0 Å². The zero-order valence-corrected chi connectivity index (χ0v) is 14.2. The van der Waals surface area contributed by atoms with Crippen molar-refractivity contribution in [2.45, 2.75) is 25.6 Å². The van der Waals surface area contributed by atoms with Crippen LogP contribution in [0.25, 0.3) is 0 Å². The molecule has 7 heteroatoms. The Hall–Kier alpha value is -2.20. The Labute approximate surface area is 140 Å². The maximum absolute atomic E-state index is 12.6. The molecule has 4 nitrogen and oxygen atoms in total. The number of ether oxygens (including phenoxy) is 1. The Bertz CT molecular complexity index is 628. The maximum Gasteiger partial charge on any atom is 0.416 e. The average Bonchev–Trinajstić information content (AvgIpc) is 2.53. The monoisotopic (exact) mass is 341 g/mol. The third-order valence-electron chi connectivity index (χ3n) is 3.22. The van der Waals surface area contributed by atoms with Crippen molar-refractivity contribution >= 4 is 5.96 Å². The SMILES string of the molecule is CN=C(NCC#Cc1cccc(C(F)(F)F)c1)NCC(C)(C)OC. The first-order valence-electron chi connectivity index (χ1n) is 7.34.